The zero-order chi connectivity index (χ0) is 21.1. The minimum Gasteiger partial charge on any atom is -0.462 e. The van der Waals surface area contributed by atoms with Gasteiger partial charge in [-0.1, -0.05) is 0 Å². The van der Waals surface area contributed by atoms with Gasteiger partial charge in [-0.05, 0) is 57.2 Å². The molecule has 0 unspecified atom stereocenters. The number of aromatic nitrogens is 2. The van der Waals surface area contributed by atoms with Crippen molar-refractivity contribution in [2.24, 2.45) is 0 Å². The number of hydrogen-bond acceptors (Lipinski definition) is 3. The summed E-state index contributed by atoms with van der Waals surface area (Å²) in [5.74, 6) is -0.100. The van der Waals surface area contributed by atoms with Crippen LogP contribution in [0.5, 0.6) is 0 Å². The average molecular weight is 398 g/mol. The number of aryl methyl sites for hydroxylation is 1. The largest absolute Gasteiger partial charge is 0.462 e. The van der Waals surface area contributed by atoms with Crippen molar-refractivity contribution in [1.29, 1.82) is 0 Å². The van der Waals surface area contributed by atoms with Gasteiger partial charge in [0.1, 0.15) is 5.82 Å². The molecule has 1 amide bonds. The Morgan fingerprint density at radius 3 is 2.48 bits per heavy atom. The SMILES string of the molecule is CCOC(=O)c1ccc2c(c1)n([C@@H](C)C(=O)Nc1ccc(F)cc1)c(C)[n+]2CC. The lowest BCUT2D eigenvalue weighted by Crippen LogP contribution is -2.36. The number of nitrogens with zero attached hydrogens (tertiary/aromatic N) is 2. The van der Waals surface area contributed by atoms with Crippen molar-refractivity contribution in [2.75, 3.05) is 11.9 Å². The Morgan fingerprint density at radius 2 is 1.86 bits per heavy atom. The number of esters is 1. The topological polar surface area (TPSA) is 64.2 Å². The van der Waals surface area contributed by atoms with Crippen LogP contribution >= 0.6 is 0 Å². The van der Waals surface area contributed by atoms with Gasteiger partial charge in [-0.15, -0.1) is 0 Å². The highest BCUT2D eigenvalue weighted by Crippen LogP contribution is 2.23. The van der Waals surface area contributed by atoms with Crippen molar-refractivity contribution in [3.8, 4) is 0 Å². The van der Waals surface area contributed by atoms with Crippen LogP contribution in [-0.2, 0) is 16.1 Å². The maximum Gasteiger partial charge on any atom is 0.338 e. The molecule has 0 saturated carbocycles. The first-order valence-corrected chi connectivity index (χ1v) is 9.65. The van der Waals surface area contributed by atoms with Gasteiger partial charge in [0.25, 0.3) is 11.7 Å². The number of hydrogen-bond donors (Lipinski definition) is 1. The first-order chi connectivity index (χ1) is 13.9. The fourth-order valence-corrected chi connectivity index (χ4v) is 3.55. The van der Waals surface area contributed by atoms with Gasteiger partial charge in [-0.3, -0.25) is 4.79 Å². The van der Waals surface area contributed by atoms with E-state index in [1.54, 1.807) is 26.0 Å². The second-order valence-electron chi connectivity index (χ2n) is 6.76. The van der Waals surface area contributed by atoms with Crippen molar-refractivity contribution in [2.45, 2.75) is 40.3 Å². The Hall–Kier alpha value is -3.22. The van der Waals surface area contributed by atoms with E-state index >= 15 is 0 Å². The number of nitrogens with one attached hydrogen (secondary N) is 1. The summed E-state index contributed by atoms with van der Waals surface area (Å²) in [6.45, 7) is 8.54. The predicted octanol–water partition coefficient (Wildman–Crippen LogP) is 3.77. The molecule has 1 N–H and O–H groups in total. The molecule has 0 aliphatic rings. The summed E-state index contributed by atoms with van der Waals surface area (Å²) < 4.78 is 22.2. The molecule has 3 aromatic rings. The highest BCUT2D eigenvalue weighted by molar-refractivity contribution is 5.96. The number of ether oxygens (including phenoxy) is 1. The molecule has 6 nitrogen and oxygen atoms in total. The molecule has 1 atom stereocenters. The third-order valence-electron chi connectivity index (χ3n) is 4.97. The van der Waals surface area contributed by atoms with Crippen molar-refractivity contribution in [3.05, 3.63) is 59.7 Å². The van der Waals surface area contributed by atoms with E-state index in [9.17, 15) is 14.0 Å². The van der Waals surface area contributed by atoms with Gasteiger partial charge in [0.15, 0.2) is 17.1 Å². The molecule has 1 aromatic heterocycles. The molecule has 0 aliphatic heterocycles. The van der Waals surface area contributed by atoms with Crippen LogP contribution in [-0.4, -0.2) is 23.1 Å². The number of benzene rings is 2. The van der Waals surface area contributed by atoms with Crippen molar-refractivity contribution in [1.82, 2.24) is 4.57 Å². The molecule has 0 bridgehead atoms. The maximum absolute atomic E-state index is 13.1. The van der Waals surface area contributed by atoms with Gasteiger partial charge in [0, 0.05) is 18.7 Å². The van der Waals surface area contributed by atoms with Gasteiger partial charge in [0.2, 0.25) is 0 Å². The van der Waals surface area contributed by atoms with Gasteiger partial charge in [0.05, 0.1) is 18.7 Å². The first-order valence-electron chi connectivity index (χ1n) is 9.65. The quantitative estimate of drug-likeness (QED) is 0.508. The van der Waals surface area contributed by atoms with Crippen LogP contribution in [0.15, 0.2) is 42.5 Å². The minimum atomic E-state index is -0.548. The lowest BCUT2D eigenvalue weighted by Gasteiger charge is -2.12. The molecule has 1 heterocycles. The van der Waals surface area contributed by atoms with Crippen molar-refractivity contribution < 1.29 is 23.3 Å². The fraction of sp³-hybridized carbons (Fsp3) is 0.318. The second-order valence-corrected chi connectivity index (χ2v) is 6.76. The number of fused-ring (bicyclic) bond motifs is 1. The van der Waals surface area contributed by atoms with E-state index in [0.717, 1.165) is 23.4 Å². The molecular formula is C22H25FN3O3+. The summed E-state index contributed by atoms with van der Waals surface area (Å²) in [4.78, 5) is 25.1. The minimum absolute atomic E-state index is 0.235. The Kier molecular flexibility index (Phi) is 5.96. The standard InChI is InChI=1S/C22H24FN3O3/c1-5-25-15(4)26(14(3)21(27)24-18-10-8-17(23)9-11-18)20-13-16(7-12-19(20)25)22(28)29-6-2/h7-14H,5-6H2,1-4H3/p+1/t14-/m0/s1. The molecule has 0 radical (unpaired) electrons. The lowest BCUT2D eigenvalue weighted by atomic mass is 10.2. The summed E-state index contributed by atoms with van der Waals surface area (Å²) in [6, 6.07) is 10.5. The lowest BCUT2D eigenvalue weighted by molar-refractivity contribution is -0.675. The van der Waals surface area contributed by atoms with E-state index in [4.69, 9.17) is 4.74 Å². The molecule has 29 heavy (non-hydrogen) atoms. The molecule has 7 heteroatoms. The van der Waals surface area contributed by atoms with Crippen LogP contribution in [0.4, 0.5) is 10.1 Å². The normalized spacial score (nSPS) is 12.0. The maximum atomic E-state index is 13.1. The summed E-state index contributed by atoms with van der Waals surface area (Å²) >= 11 is 0. The molecule has 152 valence electrons. The third-order valence-corrected chi connectivity index (χ3v) is 4.97. The van der Waals surface area contributed by atoms with Gasteiger partial charge < -0.3 is 10.1 Å². The molecule has 0 aliphatic carbocycles. The number of anilines is 1. The van der Waals surface area contributed by atoms with Crippen molar-refractivity contribution in [3.63, 3.8) is 0 Å². The van der Waals surface area contributed by atoms with E-state index in [0.29, 0.717) is 17.9 Å². The molecular weight excluding hydrogens is 373 g/mol. The molecule has 0 saturated heterocycles. The van der Waals surface area contributed by atoms with Crippen LogP contribution in [0.25, 0.3) is 11.0 Å². The van der Waals surface area contributed by atoms with Crippen molar-refractivity contribution >= 4 is 28.6 Å². The molecule has 0 spiro atoms. The molecule has 3 rings (SSSR count). The fourth-order valence-electron chi connectivity index (χ4n) is 3.55. The predicted molar refractivity (Wildman–Crippen MR) is 108 cm³/mol. The van der Waals surface area contributed by atoms with E-state index in [1.165, 1.54) is 24.3 Å². The van der Waals surface area contributed by atoms with E-state index in [1.807, 2.05) is 24.5 Å². The summed E-state index contributed by atoms with van der Waals surface area (Å²) in [5, 5.41) is 2.82. The average Bonchev–Trinajstić information content (AvgIpc) is 2.99. The zero-order valence-corrected chi connectivity index (χ0v) is 17.0. The van der Waals surface area contributed by atoms with E-state index in [2.05, 4.69) is 9.88 Å². The number of rotatable bonds is 6. The van der Waals surface area contributed by atoms with Gasteiger partial charge in [-0.25, -0.2) is 18.3 Å². The zero-order valence-electron chi connectivity index (χ0n) is 17.0. The van der Waals surface area contributed by atoms with E-state index < -0.39 is 12.0 Å². The number of halogens is 1. The van der Waals surface area contributed by atoms with Crippen LogP contribution in [0.3, 0.4) is 0 Å². The van der Waals surface area contributed by atoms with Crippen LogP contribution in [0, 0.1) is 12.7 Å². The van der Waals surface area contributed by atoms with Crippen LogP contribution in [0.1, 0.15) is 43.0 Å². The van der Waals surface area contributed by atoms with Gasteiger partial charge >= 0.3 is 5.97 Å². The molecule has 0 fully saturated rings. The molecule has 2 aromatic carbocycles. The highest BCUT2D eigenvalue weighted by Gasteiger charge is 2.30. The highest BCUT2D eigenvalue weighted by atomic mass is 19.1. The van der Waals surface area contributed by atoms with E-state index in [-0.39, 0.29) is 11.7 Å². The first kappa shape index (κ1) is 20.5. The Bertz CT molecular complexity index is 1060. The summed E-state index contributed by atoms with van der Waals surface area (Å²) in [7, 11) is 0. The smallest absolute Gasteiger partial charge is 0.338 e. The third kappa shape index (κ3) is 3.99. The van der Waals surface area contributed by atoms with Gasteiger partial charge in [-0.2, -0.15) is 0 Å². The Morgan fingerprint density at radius 1 is 1.17 bits per heavy atom. The summed E-state index contributed by atoms with van der Waals surface area (Å²) in [5.41, 5.74) is 2.66. The number of carbonyl (C=O) groups is 2. The second kappa shape index (κ2) is 8.43. The van der Waals surface area contributed by atoms with Crippen LogP contribution in [0.2, 0.25) is 0 Å². The number of imidazole rings is 1. The van der Waals surface area contributed by atoms with Crippen LogP contribution < -0.4 is 9.88 Å². The monoisotopic (exact) mass is 398 g/mol. The Balaban J connectivity index is 2.02. The summed E-state index contributed by atoms with van der Waals surface area (Å²) in [6.07, 6.45) is 0. The number of carbonyl (C=O) groups excluding carboxylic acids is 2. The number of amides is 1. The Labute approximate surface area is 168 Å².